The summed E-state index contributed by atoms with van der Waals surface area (Å²) in [7, 11) is -3.45. The Morgan fingerprint density at radius 2 is 2.21 bits per heavy atom. The normalized spacial score (nSPS) is 10.7. The van der Waals surface area contributed by atoms with Gasteiger partial charge in [0.05, 0.1) is 18.4 Å². The molecule has 104 valence electrons. The Labute approximate surface area is 113 Å². The van der Waals surface area contributed by atoms with Crippen molar-refractivity contribution in [2.75, 3.05) is 24.2 Å². The van der Waals surface area contributed by atoms with E-state index in [0.717, 1.165) is 5.69 Å². The highest BCUT2D eigenvalue weighted by Crippen LogP contribution is 2.17. The molecule has 0 radical (unpaired) electrons. The Bertz CT molecular complexity index is 537. The van der Waals surface area contributed by atoms with Crippen molar-refractivity contribution in [1.29, 1.82) is 5.26 Å². The Morgan fingerprint density at radius 1 is 1.42 bits per heavy atom. The first kappa shape index (κ1) is 15.3. The molecule has 0 unspecified atom stereocenters. The van der Waals surface area contributed by atoms with Gasteiger partial charge < -0.3 is 10.1 Å². The van der Waals surface area contributed by atoms with Crippen LogP contribution in [0.1, 0.15) is 12.8 Å². The van der Waals surface area contributed by atoms with Crippen LogP contribution in [-0.4, -0.2) is 27.3 Å². The van der Waals surface area contributed by atoms with Gasteiger partial charge in [0, 0.05) is 24.7 Å². The summed E-state index contributed by atoms with van der Waals surface area (Å²) < 4.78 is 27.0. The van der Waals surface area contributed by atoms with Crippen molar-refractivity contribution in [3.8, 4) is 11.8 Å². The monoisotopic (exact) mass is 283 g/mol. The van der Waals surface area contributed by atoms with E-state index in [4.69, 9.17) is 15.1 Å². The van der Waals surface area contributed by atoms with Crippen molar-refractivity contribution < 1.29 is 13.2 Å². The van der Waals surface area contributed by atoms with Crippen LogP contribution in [-0.2, 0) is 10.0 Å². The third kappa shape index (κ3) is 7.28. The van der Waals surface area contributed by atoms with Crippen LogP contribution in [0.4, 0.5) is 5.69 Å². The number of hydrogen-bond donors (Lipinski definition) is 2. The average molecular weight is 283 g/mol. The van der Waals surface area contributed by atoms with Gasteiger partial charge in [-0.2, -0.15) is 5.26 Å². The van der Waals surface area contributed by atoms with Gasteiger partial charge in [0.25, 0.3) is 0 Å². The highest BCUT2D eigenvalue weighted by Gasteiger charge is 2.02. The molecule has 7 heteroatoms. The SMILES string of the molecule is N#CCCCOc1cccc(NCCS(N)(=O)=O)c1. The molecule has 0 amide bonds. The van der Waals surface area contributed by atoms with E-state index in [0.29, 0.717) is 25.2 Å². The number of nitrogens with zero attached hydrogens (tertiary/aromatic N) is 1. The molecule has 1 rings (SSSR count). The summed E-state index contributed by atoms with van der Waals surface area (Å²) in [6, 6.07) is 9.24. The Hall–Kier alpha value is -1.78. The minimum absolute atomic E-state index is 0.125. The quantitative estimate of drug-likeness (QED) is 0.694. The lowest BCUT2D eigenvalue weighted by Crippen LogP contribution is -2.22. The van der Waals surface area contributed by atoms with Gasteiger partial charge in [0.15, 0.2) is 0 Å². The first-order valence-corrected chi connectivity index (χ1v) is 7.57. The molecule has 6 nitrogen and oxygen atoms in total. The van der Waals surface area contributed by atoms with Crippen LogP contribution in [0.5, 0.6) is 5.75 Å². The molecule has 0 aliphatic carbocycles. The maximum atomic E-state index is 10.8. The summed E-state index contributed by atoms with van der Waals surface area (Å²) in [6.07, 6.45) is 1.14. The number of ether oxygens (including phenoxy) is 1. The lowest BCUT2D eigenvalue weighted by atomic mass is 10.3. The standard InChI is InChI=1S/C12H17N3O3S/c13-6-1-2-8-18-12-5-3-4-11(10-12)15-7-9-19(14,16)17/h3-5,10,15H,1-2,7-9H2,(H2,14,16,17). The lowest BCUT2D eigenvalue weighted by Gasteiger charge is -2.09. The van der Waals surface area contributed by atoms with E-state index in [1.807, 2.05) is 12.1 Å². The summed E-state index contributed by atoms with van der Waals surface area (Å²) in [5.74, 6) is 0.554. The summed E-state index contributed by atoms with van der Waals surface area (Å²) in [4.78, 5) is 0. The van der Waals surface area contributed by atoms with Crippen LogP contribution < -0.4 is 15.2 Å². The van der Waals surface area contributed by atoms with E-state index in [9.17, 15) is 8.42 Å². The third-order valence-electron chi connectivity index (χ3n) is 2.25. The maximum absolute atomic E-state index is 10.8. The number of unbranched alkanes of at least 4 members (excludes halogenated alkanes) is 1. The number of sulfonamides is 1. The second-order valence-electron chi connectivity index (χ2n) is 3.93. The van der Waals surface area contributed by atoms with Gasteiger partial charge in [0.1, 0.15) is 5.75 Å². The van der Waals surface area contributed by atoms with Gasteiger partial charge in [-0.3, -0.25) is 0 Å². The van der Waals surface area contributed by atoms with Gasteiger partial charge in [-0.25, -0.2) is 13.6 Å². The summed E-state index contributed by atoms with van der Waals surface area (Å²) in [6.45, 7) is 0.727. The number of nitriles is 1. The van der Waals surface area contributed by atoms with Crippen molar-refractivity contribution in [2.24, 2.45) is 5.14 Å². The molecule has 0 bridgehead atoms. The predicted molar refractivity (Wildman–Crippen MR) is 73.2 cm³/mol. The van der Waals surface area contributed by atoms with Gasteiger partial charge in [-0.15, -0.1) is 0 Å². The zero-order chi connectivity index (χ0) is 14.1. The molecule has 0 fully saturated rings. The van der Waals surface area contributed by atoms with Crippen molar-refractivity contribution in [3.63, 3.8) is 0 Å². The van der Waals surface area contributed by atoms with Crippen molar-refractivity contribution in [3.05, 3.63) is 24.3 Å². The van der Waals surface area contributed by atoms with E-state index >= 15 is 0 Å². The van der Waals surface area contributed by atoms with E-state index in [1.165, 1.54) is 0 Å². The molecule has 0 heterocycles. The fraction of sp³-hybridized carbons (Fsp3) is 0.417. The first-order chi connectivity index (χ1) is 9.01. The Balaban J connectivity index is 2.41. The lowest BCUT2D eigenvalue weighted by molar-refractivity contribution is 0.313. The smallest absolute Gasteiger partial charge is 0.210 e. The number of benzene rings is 1. The molecule has 0 aromatic heterocycles. The Kier molecular flexibility index (Phi) is 6.12. The largest absolute Gasteiger partial charge is 0.493 e. The van der Waals surface area contributed by atoms with Gasteiger partial charge >= 0.3 is 0 Å². The molecular formula is C12H17N3O3S. The summed E-state index contributed by atoms with van der Waals surface area (Å²) >= 11 is 0. The number of nitrogens with one attached hydrogen (secondary N) is 1. The number of primary sulfonamides is 1. The molecule has 0 saturated heterocycles. The Morgan fingerprint density at radius 3 is 2.89 bits per heavy atom. The molecule has 3 N–H and O–H groups in total. The van der Waals surface area contributed by atoms with Gasteiger partial charge in [-0.1, -0.05) is 6.07 Å². The molecule has 0 saturated carbocycles. The van der Waals surface area contributed by atoms with Gasteiger partial charge in [-0.05, 0) is 18.6 Å². The average Bonchev–Trinajstić information content (AvgIpc) is 2.34. The minimum atomic E-state index is -3.45. The fourth-order valence-electron chi connectivity index (χ4n) is 1.37. The van der Waals surface area contributed by atoms with E-state index in [-0.39, 0.29) is 12.3 Å². The van der Waals surface area contributed by atoms with Crippen LogP contribution in [0.15, 0.2) is 24.3 Å². The molecule has 0 atom stereocenters. The first-order valence-electron chi connectivity index (χ1n) is 5.85. The summed E-state index contributed by atoms with van der Waals surface area (Å²) in [5.41, 5.74) is 0.765. The molecule has 0 aliphatic rings. The van der Waals surface area contributed by atoms with Crippen molar-refractivity contribution in [1.82, 2.24) is 0 Å². The molecule has 0 aliphatic heterocycles. The highest BCUT2D eigenvalue weighted by molar-refractivity contribution is 7.89. The highest BCUT2D eigenvalue weighted by atomic mass is 32.2. The third-order valence-corrected chi connectivity index (χ3v) is 3.02. The minimum Gasteiger partial charge on any atom is -0.493 e. The van der Waals surface area contributed by atoms with E-state index < -0.39 is 10.0 Å². The zero-order valence-electron chi connectivity index (χ0n) is 10.5. The maximum Gasteiger partial charge on any atom is 0.210 e. The number of nitrogens with two attached hydrogens (primary N) is 1. The number of hydrogen-bond acceptors (Lipinski definition) is 5. The topological polar surface area (TPSA) is 105 Å². The van der Waals surface area contributed by atoms with Crippen molar-refractivity contribution in [2.45, 2.75) is 12.8 Å². The zero-order valence-corrected chi connectivity index (χ0v) is 11.3. The molecule has 0 spiro atoms. The van der Waals surface area contributed by atoms with Crippen LogP contribution >= 0.6 is 0 Å². The van der Waals surface area contributed by atoms with Crippen LogP contribution in [0.3, 0.4) is 0 Å². The van der Waals surface area contributed by atoms with Crippen LogP contribution in [0.2, 0.25) is 0 Å². The van der Waals surface area contributed by atoms with E-state index in [2.05, 4.69) is 5.32 Å². The van der Waals surface area contributed by atoms with Gasteiger partial charge in [0.2, 0.25) is 10.0 Å². The molecule has 1 aromatic rings. The fourth-order valence-corrected chi connectivity index (χ4v) is 1.76. The number of anilines is 1. The second-order valence-corrected chi connectivity index (χ2v) is 5.67. The predicted octanol–water partition coefficient (Wildman–Crippen LogP) is 1.07. The van der Waals surface area contributed by atoms with Crippen LogP contribution in [0, 0.1) is 11.3 Å². The summed E-state index contributed by atoms with van der Waals surface area (Å²) in [5, 5.41) is 16.3. The number of rotatable bonds is 8. The molecule has 19 heavy (non-hydrogen) atoms. The molecular weight excluding hydrogens is 266 g/mol. The molecule has 1 aromatic carbocycles. The second kappa shape index (κ2) is 7.61. The van der Waals surface area contributed by atoms with Crippen LogP contribution in [0.25, 0.3) is 0 Å². The van der Waals surface area contributed by atoms with E-state index in [1.54, 1.807) is 18.2 Å². The van der Waals surface area contributed by atoms with Crippen molar-refractivity contribution >= 4 is 15.7 Å².